The monoisotopic (exact) mass is 395 g/mol. The number of fused-ring (bicyclic) bond motifs is 1. The van der Waals surface area contributed by atoms with Crippen LogP contribution in [0.1, 0.15) is 11.1 Å². The van der Waals surface area contributed by atoms with Crippen LogP contribution >= 0.6 is 0 Å². The third kappa shape index (κ3) is 4.62. The summed E-state index contributed by atoms with van der Waals surface area (Å²) in [6.07, 6.45) is 1.51. The van der Waals surface area contributed by atoms with Crippen molar-refractivity contribution in [3.8, 4) is 0 Å². The van der Waals surface area contributed by atoms with Crippen molar-refractivity contribution in [3.63, 3.8) is 0 Å². The Hall–Kier alpha value is -3.03. The van der Waals surface area contributed by atoms with Crippen LogP contribution < -0.4 is 5.43 Å². The summed E-state index contributed by atoms with van der Waals surface area (Å²) in [6, 6.07) is 20.0. The Kier molecular flexibility index (Phi) is 5.87. The lowest BCUT2D eigenvalue weighted by Gasteiger charge is -2.16. The van der Waals surface area contributed by atoms with Crippen LogP contribution in [-0.2, 0) is 14.8 Å². The van der Waals surface area contributed by atoms with Crippen molar-refractivity contribution in [3.05, 3.63) is 77.9 Å². The van der Waals surface area contributed by atoms with Gasteiger partial charge in [0.1, 0.15) is 0 Å². The summed E-state index contributed by atoms with van der Waals surface area (Å²) in [5.41, 5.74) is 4.32. The normalized spacial score (nSPS) is 12.0. The molecule has 1 amide bonds. The van der Waals surface area contributed by atoms with Crippen LogP contribution in [0.4, 0.5) is 0 Å². The van der Waals surface area contributed by atoms with Gasteiger partial charge in [-0.2, -0.15) is 9.41 Å². The maximum Gasteiger partial charge on any atom is 0.255 e. The molecule has 28 heavy (non-hydrogen) atoms. The number of rotatable bonds is 6. The zero-order valence-corrected chi connectivity index (χ0v) is 16.5. The first-order valence-electron chi connectivity index (χ1n) is 8.70. The maximum atomic E-state index is 12.7. The van der Waals surface area contributed by atoms with Gasteiger partial charge in [0.2, 0.25) is 10.0 Å². The van der Waals surface area contributed by atoms with Crippen LogP contribution in [-0.4, -0.2) is 38.4 Å². The number of aryl methyl sites for hydroxylation is 1. The number of likely N-dealkylation sites (N-methyl/N-ethyl adjacent to an activating group) is 1. The molecule has 0 heterocycles. The number of carbonyl (C=O) groups is 1. The van der Waals surface area contributed by atoms with E-state index in [9.17, 15) is 13.2 Å². The van der Waals surface area contributed by atoms with E-state index in [0.717, 1.165) is 26.2 Å². The molecule has 6 nitrogen and oxygen atoms in total. The molecule has 0 unspecified atom stereocenters. The Bertz CT molecular complexity index is 1120. The predicted molar refractivity (Wildman–Crippen MR) is 111 cm³/mol. The number of amides is 1. The molecule has 0 bridgehead atoms. The minimum atomic E-state index is -3.79. The van der Waals surface area contributed by atoms with Crippen LogP contribution in [0, 0.1) is 6.92 Å². The van der Waals surface area contributed by atoms with Gasteiger partial charge in [0, 0.05) is 7.05 Å². The minimum Gasteiger partial charge on any atom is -0.272 e. The molecule has 3 rings (SSSR count). The first-order valence-corrected chi connectivity index (χ1v) is 10.1. The minimum absolute atomic E-state index is 0.143. The lowest BCUT2D eigenvalue weighted by Crippen LogP contribution is -2.36. The van der Waals surface area contributed by atoms with Gasteiger partial charge >= 0.3 is 0 Å². The van der Waals surface area contributed by atoms with Gasteiger partial charge in [0.05, 0.1) is 17.7 Å². The molecule has 0 atom stereocenters. The summed E-state index contributed by atoms with van der Waals surface area (Å²) in [5.74, 6) is -0.518. The molecular weight excluding hydrogens is 374 g/mol. The molecule has 144 valence electrons. The maximum absolute atomic E-state index is 12.7. The topological polar surface area (TPSA) is 78.8 Å². The molecule has 0 aliphatic heterocycles. The Morgan fingerprint density at radius 1 is 1.04 bits per heavy atom. The summed E-state index contributed by atoms with van der Waals surface area (Å²) in [4.78, 5) is 12.2. The Morgan fingerprint density at radius 3 is 2.43 bits per heavy atom. The number of hydrazone groups is 1. The van der Waals surface area contributed by atoms with Crippen molar-refractivity contribution in [1.82, 2.24) is 9.73 Å². The highest BCUT2D eigenvalue weighted by Gasteiger charge is 2.23. The third-order valence-electron chi connectivity index (χ3n) is 4.28. The summed E-state index contributed by atoms with van der Waals surface area (Å²) >= 11 is 0. The third-order valence-corrected chi connectivity index (χ3v) is 6.07. The molecule has 0 saturated carbocycles. The van der Waals surface area contributed by atoms with Crippen LogP contribution in [0.2, 0.25) is 0 Å². The second kappa shape index (κ2) is 8.33. The lowest BCUT2D eigenvalue weighted by molar-refractivity contribution is -0.121. The average molecular weight is 395 g/mol. The van der Waals surface area contributed by atoms with Crippen molar-refractivity contribution in [2.75, 3.05) is 13.6 Å². The van der Waals surface area contributed by atoms with Crippen LogP contribution in [0.5, 0.6) is 0 Å². The van der Waals surface area contributed by atoms with E-state index in [0.29, 0.717) is 0 Å². The van der Waals surface area contributed by atoms with E-state index in [1.807, 2.05) is 55.5 Å². The summed E-state index contributed by atoms with van der Waals surface area (Å²) in [6.45, 7) is 1.65. The van der Waals surface area contributed by atoms with Gasteiger partial charge in [0.15, 0.2) is 0 Å². The fourth-order valence-electron chi connectivity index (χ4n) is 2.66. The van der Waals surface area contributed by atoms with Crippen LogP contribution in [0.25, 0.3) is 10.8 Å². The standard InChI is InChI=1S/C21H21N3O3S/c1-16-7-9-17(10-8-16)14-22-23-21(25)15-24(2)28(26,27)20-12-11-18-5-3-4-6-19(18)13-20/h3-14H,15H2,1-2H3,(H,23,25)/b22-14-. The Balaban J connectivity index is 1.65. The highest BCUT2D eigenvalue weighted by molar-refractivity contribution is 7.89. The largest absolute Gasteiger partial charge is 0.272 e. The second-order valence-electron chi connectivity index (χ2n) is 6.47. The van der Waals surface area contributed by atoms with E-state index in [1.54, 1.807) is 18.2 Å². The quantitative estimate of drug-likeness (QED) is 0.515. The fourth-order valence-corrected chi connectivity index (χ4v) is 3.82. The van der Waals surface area contributed by atoms with E-state index in [2.05, 4.69) is 10.5 Å². The smallest absolute Gasteiger partial charge is 0.255 e. The number of benzene rings is 3. The number of sulfonamides is 1. The Labute approximate surface area is 164 Å². The number of hydrogen-bond donors (Lipinski definition) is 1. The molecule has 0 aliphatic rings. The molecule has 0 aromatic heterocycles. The number of hydrogen-bond acceptors (Lipinski definition) is 4. The molecule has 0 spiro atoms. The van der Waals surface area contributed by atoms with Gasteiger partial charge in [-0.1, -0.05) is 60.2 Å². The van der Waals surface area contributed by atoms with Crippen molar-refractivity contribution in [1.29, 1.82) is 0 Å². The van der Waals surface area contributed by atoms with E-state index in [4.69, 9.17) is 0 Å². The van der Waals surface area contributed by atoms with Crippen LogP contribution in [0.3, 0.4) is 0 Å². The van der Waals surface area contributed by atoms with E-state index in [1.165, 1.54) is 13.3 Å². The molecule has 0 fully saturated rings. The molecular formula is C21H21N3O3S. The van der Waals surface area contributed by atoms with Gasteiger partial charge in [-0.3, -0.25) is 4.79 Å². The summed E-state index contributed by atoms with van der Waals surface area (Å²) in [7, 11) is -2.42. The first-order chi connectivity index (χ1) is 13.4. The Morgan fingerprint density at radius 2 is 1.71 bits per heavy atom. The number of carbonyl (C=O) groups excluding carboxylic acids is 1. The van der Waals surface area contributed by atoms with Crippen molar-refractivity contribution in [2.45, 2.75) is 11.8 Å². The average Bonchev–Trinajstić information content (AvgIpc) is 2.69. The molecule has 7 heteroatoms. The highest BCUT2D eigenvalue weighted by atomic mass is 32.2. The lowest BCUT2D eigenvalue weighted by atomic mass is 10.1. The molecule has 1 N–H and O–H groups in total. The molecule has 0 aliphatic carbocycles. The number of nitrogens with zero attached hydrogens (tertiary/aromatic N) is 2. The zero-order valence-electron chi connectivity index (χ0n) is 15.7. The van der Waals surface area contributed by atoms with Gasteiger partial charge in [0.25, 0.3) is 5.91 Å². The zero-order chi connectivity index (χ0) is 20.1. The molecule has 3 aromatic carbocycles. The molecule has 3 aromatic rings. The van der Waals surface area contributed by atoms with Crippen molar-refractivity contribution >= 4 is 32.9 Å². The van der Waals surface area contributed by atoms with Crippen molar-refractivity contribution < 1.29 is 13.2 Å². The second-order valence-corrected chi connectivity index (χ2v) is 8.52. The summed E-state index contributed by atoms with van der Waals surface area (Å²) in [5, 5.41) is 5.65. The fraction of sp³-hybridized carbons (Fsp3) is 0.143. The SMILES string of the molecule is Cc1ccc(/C=N\NC(=O)CN(C)S(=O)(=O)c2ccc3ccccc3c2)cc1. The van der Waals surface area contributed by atoms with Gasteiger partial charge in [-0.25, -0.2) is 13.8 Å². The van der Waals surface area contributed by atoms with Gasteiger partial charge in [-0.05, 0) is 35.4 Å². The summed E-state index contributed by atoms with van der Waals surface area (Å²) < 4.78 is 26.5. The van der Waals surface area contributed by atoms with Gasteiger partial charge in [-0.15, -0.1) is 0 Å². The molecule has 0 radical (unpaired) electrons. The molecule has 0 saturated heterocycles. The van der Waals surface area contributed by atoms with E-state index in [-0.39, 0.29) is 11.4 Å². The van der Waals surface area contributed by atoms with Gasteiger partial charge < -0.3 is 0 Å². The highest BCUT2D eigenvalue weighted by Crippen LogP contribution is 2.21. The van der Waals surface area contributed by atoms with E-state index >= 15 is 0 Å². The van der Waals surface area contributed by atoms with Crippen LogP contribution in [0.15, 0.2) is 76.7 Å². The predicted octanol–water partition coefficient (Wildman–Crippen LogP) is 2.92. The van der Waals surface area contributed by atoms with Crippen molar-refractivity contribution in [2.24, 2.45) is 5.10 Å². The van der Waals surface area contributed by atoms with E-state index < -0.39 is 15.9 Å². The first kappa shape index (κ1) is 19.7. The number of nitrogens with one attached hydrogen (secondary N) is 1.